The molecule has 2 rings (SSSR count). The van der Waals surface area contributed by atoms with Gasteiger partial charge in [-0.15, -0.1) is 0 Å². The maximum absolute atomic E-state index is 12.4. The maximum Gasteiger partial charge on any atom is 0.425 e. The third kappa shape index (κ3) is 1.92. The standard InChI is InChI=1S/C10H9F3O2/c11-10(12,13)9-5-7(14)6-3-1-2-4-8(6)15-9/h1-4,7,9,14H,5H2. The Morgan fingerprint density at radius 2 is 1.93 bits per heavy atom. The van der Waals surface area contributed by atoms with Crippen molar-refractivity contribution in [1.29, 1.82) is 0 Å². The lowest BCUT2D eigenvalue weighted by Gasteiger charge is -2.30. The molecule has 1 aliphatic heterocycles. The number of benzene rings is 1. The van der Waals surface area contributed by atoms with Gasteiger partial charge in [0.05, 0.1) is 6.10 Å². The summed E-state index contributed by atoms with van der Waals surface area (Å²) in [6.45, 7) is 0. The zero-order valence-electron chi connectivity index (χ0n) is 7.66. The summed E-state index contributed by atoms with van der Waals surface area (Å²) in [5.41, 5.74) is 0.415. The molecule has 1 heterocycles. The van der Waals surface area contributed by atoms with Crippen molar-refractivity contribution in [1.82, 2.24) is 0 Å². The van der Waals surface area contributed by atoms with Crippen molar-refractivity contribution in [3.05, 3.63) is 29.8 Å². The van der Waals surface area contributed by atoms with E-state index in [0.29, 0.717) is 5.56 Å². The molecule has 0 spiro atoms. The molecule has 1 N–H and O–H groups in total. The Hall–Kier alpha value is -1.23. The Labute approximate surface area is 84.3 Å². The normalized spacial score (nSPS) is 25.6. The fourth-order valence-corrected chi connectivity index (χ4v) is 1.59. The van der Waals surface area contributed by atoms with Crippen LogP contribution >= 0.6 is 0 Å². The van der Waals surface area contributed by atoms with Crippen molar-refractivity contribution >= 4 is 0 Å². The van der Waals surface area contributed by atoms with Crippen molar-refractivity contribution in [3.8, 4) is 5.75 Å². The van der Waals surface area contributed by atoms with Crippen molar-refractivity contribution in [2.24, 2.45) is 0 Å². The molecule has 82 valence electrons. The summed E-state index contributed by atoms with van der Waals surface area (Å²) in [4.78, 5) is 0. The summed E-state index contributed by atoms with van der Waals surface area (Å²) in [6.07, 6.45) is -7.90. The van der Waals surface area contributed by atoms with Gasteiger partial charge in [0.25, 0.3) is 0 Å². The predicted octanol–water partition coefficient (Wildman–Crippen LogP) is 2.43. The molecular formula is C10H9F3O2. The van der Waals surface area contributed by atoms with Crippen LogP contribution < -0.4 is 4.74 Å². The summed E-state index contributed by atoms with van der Waals surface area (Å²) < 4.78 is 41.9. The first-order valence-electron chi connectivity index (χ1n) is 4.49. The third-order valence-electron chi connectivity index (χ3n) is 2.35. The molecule has 2 atom stereocenters. The van der Waals surface area contributed by atoms with Crippen LogP contribution in [0.4, 0.5) is 13.2 Å². The van der Waals surface area contributed by atoms with Gasteiger partial charge in [0.2, 0.25) is 0 Å². The first-order chi connectivity index (χ1) is 6.98. The van der Waals surface area contributed by atoms with E-state index < -0.39 is 24.8 Å². The Morgan fingerprint density at radius 3 is 2.60 bits per heavy atom. The fraction of sp³-hybridized carbons (Fsp3) is 0.400. The molecule has 0 amide bonds. The smallest absolute Gasteiger partial charge is 0.425 e. The lowest BCUT2D eigenvalue weighted by Crippen LogP contribution is -2.38. The van der Waals surface area contributed by atoms with E-state index in [1.165, 1.54) is 6.07 Å². The van der Waals surface area contributed by atoms with Gasteiger partial charge >= 0.3 is 6.18 Å². The second-order valence-corrected chi connectivity index (χ2v) is 3.44. The van der Waals surface area contributed by atoms with E-state index in [1.54, 1.807) is 18.2 Å². The number of rotatable bonds is 0. The topological polar surface area (TPSA) is 29.5 Å². The molecule has 1 aromatic carbocycles. The Bertz CT molecular complexity index is 362. The molecule has 2 nitrogen and oxygen atoms in total. The molecule has 1 aliphatic rings. The van der Waals surface area contributed by atoms with E-state index >= 15 is 0 Å². The molecule has 2 unspecified atom stereocenters. The van der Waals surface area contributed by atoms with Crippen LogP contribution in [-0.4, -0.2) is 17.4 Å². The van der Waals surface area contributed by atoms with E-state index in [4.69, 9.17) is 4.74 Å². The molecule has 15 heavy (non-hydrogen) atoms. The van der Waals surface area contributed by atoms with Crippen LogP contribution in [0.3, 0.4) is 0 Å². The first kappa shape index (κ1) is 10.3. The Balaban J connectivity index is 2.30. The SMILES string of the molecule is OC1CC(C(F)(F)F)Oc2ccccc21. The molecule has 0 fully saturated rings. The van der Waals surface area contributed by atoms with Gasteiger partial charge in [0, 0.05) is 12.0 Å². The molecule has 1 aromatic rings. The van der Waals surface area contributed by atoms with Gasteiger partial charge in [-0.25, -0.2) is 0 Å². The lowest BCUT2D eigenvalue weighted by molar-refractivity contribution is -0.207. The average Bonchev–Trinajstić information content (AvgIpc) is 2.16. The fourth-order valence-electron chi connectivity index (χ4n) is 1.59. The highest BCUT2D eigenvalue weighted by Gasteiger charge is 2.45. The van der Waals surface area contributed by atoms with Crippen molar-refractivity contribution < 1.29 is 23.0 Å². The number of hydrogen-bond acceptors (Lipinski definition) is 2. The molecule has 0 radical (unpaired) electrons. The number of alkyl halides is 3. The predicted molar refractivity (Wildman–Crippen MR) is 46.5 cm³/mol. The van der Waals surface area contributed by atoms with Gasteiger partial charge < -0.3 is 9.84 Å². The molecule has 5 heteroatoms. The van der Waals surface area contributed by atoms with Gasteiger partial charge in [0.15, 0.2) is 6.10 Å². The van der Waals surface area contributed by atoms with Gasteiger partial charge in [-0.05, 0) is 6.07 Å². The highest BCUT2D eigenvalue weighted by Crippen LogP contribution is 2.39. The van der Waals surface area contributed by atoms with Crippen LogP contribution in [0.5, 0.6) is 5.75 Å². The average molecular weight is 218 g/mol. The summed E-state index contributed by atoms with van der Waals surface area (Å²) in [7, 11) is 0. The zero-order chi connectivity index (χ0) is 11.1. The van der Waals surface area contributed by atoms with E-state index in [9.17, 15) is 18.3 Å². The van der Waals surface area contributed by atoms with Gasteiger partial charge in [-0.2, -0.15) is 13.2 Å². The van der Waals surface area contributed by atoms with Crippen molar-refractivity contribution in [2.75, 3.05) is 0 Å². The summed E-state index contributed by atoms with van der Waals surface area (Å²) in [5.74, 6) is 0.110. The number of fused-ring (bicyclic) bond motifs is 1. The summed E-state index contributed by atoms with van der Waals surface area (Å²) >= 11 is 0. The molecule has 0 saturated carbocycles. The summed E-state index contributed by atoms with van der Waals surface area (Å²) in [5, 5.41) is 9.52. The number of ether oxygens (including phenoxy) is 1. The molecule has 0 bridgehead atoms. The van der Waals surface area contributed by atoms with Crippen LogP contribution in [0.1, 0.15) is 18.1 Å². The minimum Gasteiger partial charge on any atom is -0.480 e. The summed E-state index contributed by atoms with van der Waals surface area (Å²) in [6, 6.07) is 6.21. The van der Waals surface area contributed by atoms with Crippen LogP contribution in [0.15, 0.2) is 24.3 Å². The van der Waals surface area contributed by atoms with E-state index in [0.717, 1.165) is 0 Å². The minimum atomic E-state index is -4.44. The van der Waals surface area contributed by atoms with Crippen LogP contribution in [0.2, 0.25) is 0 Å². The van der Waals surface area contributed by atoms with Gasteiger partial charge in [0.1, 0.15) is 5.75 Å². The Morgan fingerprint density at radius 1 is 1.27 bits per heavy atom. The monoisotopic (exact) mass is 218 g/mol. The molecule has 0 aliphatic carbocycles. The first-order valence-corrected chi connectivity index (χ1v) is 4.49. The minimum absolute atomic E-state index is 0.110. The number of hydrogen-bond donors (Lipinski definition) is 1. The number of aliphatic hydroxyl groups is 1. The number of para-hydroxylation sites is 1. The highest BCUT2D eigenvalue weighted by atomic mass is 19.4. The Kier molecular flexibility index (Phi) is 2.34. The van der Waals surface area contributed by atoms with Crippen LogP contribution in [0, 0.1) is 0 Å². The molecule has 0 saturated heterocycles. The second kappa shape index (κ2) is 3.41. The lowest BCUT2D eigenvalue weighted by atomic mass is 9.99. The van der Waals surface area contributed by atoms with Gasteiger partial charge in [-0.1, -0.05) is 18.2 Å². The zero-order valence-corrected chi connectivity index (χ0v) is 7.66. The number of halogens is 3. The highest BCUT2D eigenvalue weighted by molar-refractivity contribution is 5.37. The third-order valence-corrected chi connectivity index (χ3v) is 2.35. The molecular weight excluding hydrogens is 209 g/mol. The number of aliphatic hydroxyl groups excluding tert-OH is 1. The van der Waals surface area contributed by atoms with Crippen molar-refractivity contribution in [3.63, 3.8) is 0 Å². The van der Waals surface area contributed by atoms with Gasteiger partial charge in [-0.3, -0.25) is 0 Å². The van der Waals surface area contributed by atoms with E-state index in [1.807, 2.05) is 0 Å². The van der Waals surface area contributed by atoms with Crippen molar-refractivity contribution in [2.45, 2.75) is 24.8 Å². The van der Waals surface area contributed by atoms with Crippen LogP contribution in [0.25, 0.3) is 0 Å². The van der Waals surface area contributed by atoms with Crippen LogP contribution in [-0.2, 0) is 0 Å². The largest absolute Gasteiger partial charge is 0.480 e. The quantitative estimate of drug-likeness (QED) is 0.724. The van der Waals surface area contributed by atoms with E-state index in [-0.39, 0.29) is 5.75 Å². The second-order valence-electron chi connectivity index (χ2n) is 3.44. The van der Waals surface area contributed by atoms with E-state index in [2.05, 4.69) is 0 Å². The maximum atomic E-state index is 12.4. The molecule has 0 aromatic heterocycles.